The van der Waals surface area contributed by atoms with E-state index in [0.29, 0.717) is 31.0 Å². The van der Waals surface area contributed by atoms with Crippen molar-refractivity contribution in [2.75, 3.05) is 19.6 Å². The van der Waals surface area contributed by atoms with Crippen LogP contribution >= 0.6 is 0 Å². The topological polar surface area (TPSA) is 74.3 Å². The second kappa shape index (κ2) is 5.40. The molecule has 0 aromatic carbocycles. The zero-order valence-corrected chi connectivity index (χ0v) is 12.3. The van der Waals surface area contributed by atoms with Crippen molar-refractivity contribution in [1.29, 1.82) is 0 Å². The molecule has 6 nitrogen and oxygen atoms in total. The van der Waals surface area contributed by atoms with Crippen molar-refractivity contribution in [1.82, 2.24) is 20.1 Å². The van der Waals surface area contributed by atoms with Gasteiger partial charge in [-0.25, -0.2) is 8.42 Å². The second-order valence-electron chi connectivity index (χ2n) is 5.63. The Labute approximate surface area is 119 Å². The molecule has 7 heteroatoms. The van der Waals surface area contributed by atoms with Crippen LogP contribution in [0.25, 0.3) is 0 Å². The number of hydrogen-bond acceptors (Lipinski definition) is 5. The molecule has 0 saturated carbocycles. The zero-order valence-electron chi connectivity index (χ0n) is 11.5. The Bertz CT molecular complexity index is 563. The highest BCUT2D eigenvalue weighted by molar-refractivity contribution is 7.89. The molecule has 1 aromatic rings. The smallest absolute Gasteiger partial charge is 0.244 e. The summed E-state index contributed by atoms with van der Waals surface area (Å²) in [7, 11) is -3.40. The monoisotopic (exact) mass is 296 g/mol. The highest BCUT2D eigenvalue weighted by Gasteiger charge is 2.39. The first-order chi connectivity index (χ1) is 9.59. The Morgan fingerprint density at radius 1 is 1.45 bits per heavy atom. The second-order valence-corrected chi connectivity index (χ2v) is 7.57. The van der Waals surface area contributed by atoms with E-state index in [0.717, 1.165) is 13.0 Å². The van der Waals surface area contributed by atoms with Crippen molar-refractivity contribution in [3.63, 3.8) is 0 Å². The molecule has 1 aromatic heterocycles. The average Bonchev–Trinajstić information content (AvgIpc) is 3.08. The number of sulfonamides is 1. The third-order valence-electron chi connectivity index (χ3n) is 4.27. The van der Waals surface area contributed by atoms with Crippen molar-refractivity contribution in [2.45, 2.75) is 24.3 Å². The number of hydrogen-bond donors (Lipinski definition) is 2. The van der Waals surface area contributed by atoms with E-state index in [-0.39, 0.29) is 4.90 Å². The summed E-state index contributed by atoms with van der Waals surface area (Å²) in [5, 5.41) is 0. The van der Waals surface area contributed by atoms with Crippen molar-refractivity contribution in [3.05, 3.63) is 24.5 Å². The summed E-state index contributed by atoms with van der Waals surface area (Å²) < 4.78 is 26.6. The van der Waals surface area contributed by atoms with E-state index in [2.05, 4.69) is 22.8 Å². The molecule has 0 amide bonds. The van der Waals surface area contributed by atoms with E-state index >= 15 is 0 Å². The number of pyridine rings is 1. The molecule has 0 aliphatic carbocycles. The fraction of sp³-hybridized carbons (Fsp3) is 0.615. The van der Waals surface area contributed by atoms with Gasteiger partial charge in [-0.3, -0.25) is 15.8 Å². The summed E-state index contributed by atoms with van der Waals surface area (Å²) in [6.07, 6.45) is 3.91. The van der Waals surface area contributed by atoms with Crippen LogP contribution in [0.3, 0.4) is 0 Å². The molecule has 2 saturated heterocycles. The Morgan fingerprint density at radius 2 is 2.30 bits per heavy atom. The summed E-state index contributed by atoms with van der Waals surface area (Å²) in [5.41, 5.74) is 6.43. The van der Waals surface area contributed by atoms with Gasteiger partial charge in [-0.15, -0.1) is 0 Å². The molecule has 2 fully saturated rings. The number of rotatable bonds is 3. The molecular formula is C13H20N4O2S. The predicted molar refractivity (Wildman–Crippen MR) is 75.2 cm³/mol. The maximum absolute atomic E-state index is 12.5. The molecule has 2 aliphatic rings. The van der Waals surface area contributed by atoms with Crippen molar-refractivity contribution < 1.29 is 8.42 Å². The summed E-state index contributed by atoms with van der Waals surface area (Å²) >= 11 is 0. The Balaban J connectivity index is 1.74. The van der Waals surface area contributed by atoms with Gasteiger partial charge in [0.15, 0.2) is 0 Å². The number of hydrazine groups is 1. The molecule has 3 heterocycles. The molecule has 0 radical (unpaired) electrons. The normalized spacial score (nSPS) is 31.8. The highest BCUT2D eigenvalue weighted by atomic mass is 32.2. The maximum atomic E-state index is 12.5. The number of aromatic nitrogens is 1. The molecule has 2 N–H and O–H groups in total. The molecule has 3 unspecified atom stereocenters. The van der Waals surface area contributed by atoms with Crippen molar-refractivity contribution >= 4 is 10.0 Å². The first-order valence-electron chi connectivity index (χ1n) is 6.97. The van der Waals surface area contributed by atoms with Crippen LogP contribution in [-0.2, 0) is 10.0 Å². The van der Waals surface area contributed by atoms with Crippen molar-refractivity contribution in [2.24, 2.45) is 11.8 Å². The third-order valence-corrected chi connectivity index (χ3v) is 6.12. The Hall–Kier alpha value is -1.02. The van der Waals surface area contributed by atoms with E-state index in [1.54, 1.807) is 22.6 Å². The minimum atomic E-state index is -3.40. The van der Waals surface area contributed by atoms with E-state index in [1.807, 2.05) is 0 Å². The number of nitrogens with one attached hydrogen (secondary N) is 2. The van der Waals surface area contributed by atoms with Gasteiger partial charge in [0.2, 0.25) is 10.0 Å². The van der Waals surface area contributed by atoms with Crippen LogP contribution in [0.2, 0.25) is 0 Å². The summed E-state index contributed by atoms with van der Waals surface area (Å²) in [4.78, 5) is 4.19. The lowest BCUT2D eigenvalue weighted by Gasteiger charge is -2.22. The number of nitrogens with zero attached hydrogens (tertiary/aromatic N) is 2. The molecule has 20 heavy (non-hydrogen) atoms. The Morgan fingerprint density at radius 3 is 2.95 bits per heavy atom. The molecule has 0 spiro atoms. The van der Waals surface area contributed by atoms with Crippen molar-refractivity contribution in [3.8, 4) is 0 Å². The van der Waals surface area contributed by atoms with Gasteiger partial charge in [0, 0.05) is 38.1 Å². The quantitative estimate of drug-likeness (QED) is 0.834. The Kier molecular flexibility index (Phi) is 3.76. The first-order valence-corrected chi connectivity index (χ1v) is 8.41. The lowest BCUT2D eigenvalue weighted by Crippen LogP contribution is -2.39. The first kappa shape index (κ1) is 13.9. The van der Waals surface area contributed by atoms with Gasteiger partial charge in [-0.2, -0.15) is 4.31 Å². The van der Waals surface area contributed by atoms with Crippen LogP contribution in [0, 0.1) is 11.8 Å². The van der Waals surface area contributed by atoms with E-state index in [4.69, 9.17) is 0 Å². The van der Waals surface area contributed by atoms with Gasteiger partial charge in [0.25, 0.3) is 0 Å². The largest absolute Gasteiger partial charge is 0.263 e. The minimum absolute atomic E-state index is 0.284. The van der Waals surface area contributed by atoms with E-state index < -0.39 is 10.0 Å². The fourth-order valence-electron chi connectivity index (χ4n) is 3.10. The van der Waals surface area contributed by atoms with Gasteiger partial charge in [-0.1, -0.05) is 6.92 Å². The molecule has 2 aliphatic heterocycles. The SMILES string of the molecule is CC1CNNC1C1CCN(S(=O)(=O)c2cccnc2)C1. The average molecular weight is 296 g/mol. The molecule has 3 rings (SSSR count). The highest BCUT2D eigenvalue weighted by Crippen LogP contribution is 2.29. The fourth-order valence-corrected chi connectivity index (χ4v) is 4.58. The van der Waals surface area contributed by atoms with Gasteiger partial charge in [0.05, 0.1) is 0 Å². The summed E-state index contributed by atoms with van der Waals surface area (Å²) in [6.45, 7) is 4.31. The summed E-state index contributed by atoms with van der Waals surface area (Å²) in [5.74, 6) is 0.896. The molecule has 110 valence electrons. The third kappa shape index (κ3) is 2.46. The van der Waals surface area contributed by atoms with Crippen LogP contribution in [0.4, 0.5) is 0 Å². The van der Waals surface area contributed by atoms with Crippen LogP contribution < -0.4 is 10.9 Å². The maximum Gasteiger partial charge on any atom is 0.244 e. The van der Waals surface area contributed by atoms with Gasteiger partial charge in [-0.05, 0) is 30.4 Å². The van der Waals surface area contributed by atoms with E-state index in [1.165, 1.54) is 6.20 Å². The standard InChI is InChI=1S/C13H20N4O2S/c1-10-7-15-16-13(10)11-4-6-17(9-11)20(18,19)12-3-2-5-14-8-12/h2-3,5,8,10-11,13,15-16H,4,6-7,9H2,1H3. The molecular weight excluding hydrogens is 276 g/mol. The zero-order chi connectivity index (χ0) is 14.2. The minimum Gasteiger partial charge on any atom is -0.263 e. The van der Waals surface area contributed by atoms with Crippen LogP contribution in [0.15, 0.2) is 29.4 Å². The van der Waals surface area contributed by atoms with Crippen LogP contribution in [0.5, 0.6) is 0 Å². The van der Waals surface area contributed by atoms with Crippen LogP contribution in [-0.4, -0.2) is 43.4 Å². The molecule has 0 bridgehead atoms. The van der Waals surface area contributed by atoms with Gasteiger partial charge in [0.1, 0.15) is 4.90 Å². The van der Waals surface area contributed by atoms with E-state index in [9.17, 15) is 8.42 Å². The lowest BCUT2D eigenvalue weighted by molar-refractivity contribution is 0.336. The van der Waals surface area contributed by atoms with Gasteiger partial charge >= 0.3 is 0 Å². The summed E-state index contributed by atoms with van der Waals surface area (Å²) in [6, 6.07) is 3.61. The van der Waals surface area contributed by atoms with Crippen LogP contribution in [0.1, 0.15) is 13.3 Å². The lowest BCUT2D eigenvalue weighted by atomic mass is 9.90. The molecule has 3 atom stereocenters. The predicted octanol–water partition coefficient (Wildman–Crippen LogP) is 0.205. The van der Waals surface area contributed by atoms with Gasteiger partial charge < -0.3 is 0 Å².